The molecule has 0 bridgehead atoms. The summed E-state index contributed by atoms with van der Waals surface area (Å²) in [5.74, 6) is 0. The maximum atomic E-state index is 6.71. The zero-order chi connectivity index (χ0) is 30.5. The van der Waals surface area contributed by atoms with Gasteiger partial charge >= 0.3 is 0 Å². The second-order valence-electron chi connectivity index (χ2n) is 12.1. The molecule has 2 heteroatoms. The number of hydrogen-bond acceptors (Lipinski definition) is 2. The predicted molar refractivity (Wildman–Crippen MR) is 195 cm³/mol. The number of hydrogen-bond donors (Lipinski definition) is 0. The van der Waals surface area contributed by atoms with Crippen LogP contribution in [-0.4, -0.2) is 6.04 Å². The van der Waals surface area contributed by atoms with Crippen molar-refractivity contribution < 1.29 is 4.42 Å². The second kappa shape index (κ2) is 10.9. The van der Waals surface area contributed by atoms with Crippen LogP contribution in [0.25, 0.3) is 60.2 Å². The summed E-state index contributed by atoms with van der Waals surface area (Å²) in [5, 5.41) is 7.25. The van der Waals surface area contributed by atoms with Crippen LogP contribution in [0, 0.1) is 0 Å². The molecule has 1 heterocycles. The van der Waals surface area contributed by atoms with Crippen molar-refractivity contribution in [3.05, 3.63) is 175 Å². The SMILES string of the molecule is C1=CC(N(c2ccccc2)c2ccccc2-c2cccc3c2oc2cc4ccccc4cc23)CC(c2cccc3ccccc23)=C1. The van der Waals surface area contributed by atoms with Crippen LogP contribution in [0.2, 0.25) is 0 Å². The monoisotopic (exact) mass is 589 g/mol. The van der Waals surface area contributed by atoms with Crippen molar-refractivity contribution >= 4 is 60.4 Å². The molecule has 218 valence electrons. The molecule has 0 radical (unpaired) electrons. The Morgan fingerprint density at radius 2 is 1.17 bits per heavy atom. The van der Waals surface area contributed by atoms with E-state index in [4.69, 9.17) is 4.42 Å². The molecule has 0 saturated heterocycles. The molecule has 1 atom stereocenters. The van der Waals surface area contributed by atoms with Gasteiger partial charge in [-0.3, -0.25) is 0 Å². The molecule has 1 aromatic heterocycles. The number of fused-ring (bicyclic) bond motifs is 5. The van der Waals surface area contributed by atoms with E-state index in [0.29, 0.717) is 0 Å². The largest absolute Gasteiger partial charge is 0.455 e. The smallest absolute Gasteiger partial charge is 0.143 e. The van der Waals surface area contributed by atoms with Crippen LogP contribution in [0.5, 0.6) is 0 Å². The lowest BCUT2D eigenvalue weighted by atomic mass is 9.89. The summed E-state index contributed by atoms with van der Waals surface area (Å²) in [4.78, 5) is 2.50. The molecule has 7 aromatic carbocycles. The second-order valence-corrected chi connectivity index (χ2v) is 12.1. The molecule has 2 nitrogen and oxygen atoms in total. The van der Waals surface area contributed by atoms with Gasteiger partial charge in [0.15, 0.2) is 0 Å². The highest BCUT2D eigenvalue weighted by atomic mass is 16.3. The topological polar surface area (TPSA) is 16.4 Å². The summed E-state index contributed by atoms with van der Waals surface area (Å²) in [6, 6.07) is 54.4. The van der Waals surface area contributed by atoms with Crippen LogP contribution in [-0.2, 0) is 0 Å². The number of anilines is 2. The highest BCUT2D eigenvalue weighted by Crippen LogP contribution is 2.44. The van der Waals surface area contributed by atoms with Crippen molar-refractivity contribution in [3.8, 4) is 11.1 Å². The minimum atomic E-state index is 0.114. The Balaban J connectivity index is 1.20. The molecule has 8 aromatic rings. The number of nitrogens with zero attached hydrogens (tertiary/aromatic N) is 1. The minimum absolute atomic E-state index is 0.114. The van der Waals surface area contributed by atoms with Crippen LogP contribution < -0.4 is 4.90 Å². The van der Waals surface area contributed by atoms with Gasteiger partial charge in [-0.1, -0.05) is 140 Å². The Labute approximate surface area is 268 Å². The van der Waals surface area contributed by atoms with Gasteiger partial charge in [-0.2, -0.15) is 0 Å². The molecule has 0 aliphatic heterocycles. The first kappa shape index (κ1) is 26.5. The van der Waals surface area contributed by atoms with Crippen molar-refractivity contribution in [2.75, 3.05) is 4.90 Å². The van der Waals surface area contributed by atoms with Gasteiger partial charge in [-0.05, 0) is 69.4 Å². The predicted octanol–water partition coefficient (Wildman–Crippen LogP) is 12.1. The first-order chi connectivity index (χ1) is 22.8. The van der Waals surface area contributed by atoms with Gasteiger partial charge in [0.1, 0.15) is 11.2 Å². The number of allylic oxidation sites excluding steroid dienone is 2. The highest BCUT2D eigenvalue weighted by Gasteiger charge is 2.26. The van der Waals surface area contributed by atoms with E-state index < -0.39 is 0 Å². The Morgan fingerprint density at radius 1 is 0.522 bits per heavy atom. The fraction of sp³-hybridized carbons (Fsp3) is 0.0455. The first-order valence-electron chi connectivity index (χ1n) is 15.9. The molecule has 0 spiro atoms. The molecule has 1 aliphatic rings. The van der Waals surface area contributed by atoms with Crippen LogP contribution >= 0.6 is 0 Å². The number of benzene rings is 7. The first-order valence-corrected chi connectivity index (χ1v) is 15.9. The Kier molecular flexibility index (Phi) is 6.31. The third-order valence-electron chi connectivity index (χ3n) is 9.38. The summed E-state index contributed by atoms with van der Waals surface area (Å²) in [5.41, 5.74) is 9.03. The fourth-order valence-corrected chi connectivity index (χ4v) is 7.25. The summed E-state index contributed by atoms with van der Waals surface area (Å²) in [6.07, 6.45) is 7.74. The van der Waals surface area contributed by atoms with E-state index in [0.717, 1.165) is 50.9 Å². The van der Waals surface area contributed by atoms with E-state index >= 15 is 0 Å². The third-order valence-corrected chi connectivity index (χ3v) is 9.38. The average Bonchev–Trinajstić information content (AvgIpc) is 3.49. The molecule has 0 saturated carbocycles. The van der Waals surface area contributed by atoms with Gasteiger partial charge in [-0.15, -0.1) is 0 Å². The van der Waals surface area contributed by atoms with E-state index in [1.165, 1.54) is 32.7 Å². The van der Waals surface area contributed by atoms with E-state index in [2.05, 4.69) is 175 Å². The van der Waals surface area contributed by atoms with Crippen LogP contribution in [0.1, 0.15) is 12.0 Å². The van der Waals surface area contributed by atoms with Crippen molar-refractivity contribution in [2.24, 2.45) is 0 Å². The van der Waals surface area contributed by atoms with Crippen LogP contribution in [0.4, 0.5) is 11.4 Å². The molecular formula is C44H31NO. The van der Waals surface area contributed by atoms with Gasteiger partial charge in [0.25, 0.3) is 0 Å². The quantitative estimate of drug-likeness (QED) is 0.199. The normalized spacial score (nSPS) is 14.7. The molecule has 0 amide bonds. The summed E-state index contributed by atoms with van der Waals surface area (Å²) < 4.78 is 6.71. The van der Waals surface area contributed by atoms with Gasteiger partial charge < -0.3 is 9.32 Å². The zero-order valence-corrected chi connectivity index (χ0v) is 25.3. The maximum absolute atomic E-state index is 6.71. The molecule has 0 N–H and O–H groups in total. The Bertz CT molecular complexity index is 2460. The third kappa shape index (κ3) is 4.42. The molecule has 0 fully saturated rings. The molecular weight excluding hydrogens is 558 g/mol. The lowest BCUT2D eigenvalue weighted by molar-refractivity contribution is 0.670. The summed E-state index contributed by atoms with van der Waals surface area (Å²) in [7, 11) is 0. The lowest BCUT2D eigenvalue weighted by Crippen LogP contribution is -2.31. The highest BCUT2D eigenvalue weighted by molar-refractivity contribution is 6.14. The zero-order valence-electron chi connectivity index (χ0n) is 25.3. The van der Waals surface area contributed by atoms with Gasteiger partial charge in [-0.25, -0.2) is 0 Å². The van der Waals surface area contributed by atoms with Crippen molar-refractivity contribution in [2.45, 2.75) is 12.5 Å². The Morgan fingerprint density at radius 3 is 2.07 bits per heavy atom. The Hall–Kier alpha value is -5.86. The van der Waals surface area contributed by atoms with Gasteiger partial charge in [0.2, 0.25) is 0 Å². The van der Waals surface area contributed by atoms with Crippen molar-refractivity contribution in [1.29, 1.82) is 0 Å². The summed E-state index contributed by atoms with van der Waals surface area (Å²) >= 11 is 0. The van der Waals surface area contributed by atoms with Gasteiger partial charge in [0, 0.05) is 33.3 Å². The number of furan rings is 1. The van der Waals surface area contributed by atoms with E-state index in [9.17, 15) is 0 Å². The molecule has 1 aliphatic carbocycles. The minimum Gasteiger partial charge on any atom is -0.455 e. The molecule has 1 unspecified atom stereocenters. The van der Waals surface area contributed by atoms with E-state index in [1.807, 2.05) is 0 Å². The maximum Gasteiger partial charge on any atom is 0.143 e. The van der Waals surface area contributed by atoms with Crippen LogP contribution in [0.3, 0.4) is 0 Å². The van der Waals surface area contributed by atoms with Crippen molar-refractivity contribution in [1.82, 2.24) is 0 Å². The van der Waals surface area contributed by atoms with E-state index in [-0.39, 0.29) is 6.04 Å². The fourth-order valence-electron chi connectivity index (χ4n) is 7.25. The summed E-state index contributed by atoms with van der Waals surface area (Å²) in [6.45, 7) is 0. The van der Waals surface area contributed by atoms with Crippen LogP contribution in [0.15, 0.2) is 174 Å². The number of rotatable bonds is 5. The molecule has 46 heavy (non-hydrogen) atoms. The number of para-hydroxylation sites is 3. The van der Waals surface area contributed by atoms with E-state index in [1.54, 1.807) is 0 Å². The molecule has 9 rings (SSSR count). The standard InChI is InChI=1S/C44H31NO/c1-2-18-34(19-3-1)45(35-20-10-17-33(27-35)37-23-11-16-30-13-6-7-21-36(30)37)42-26-9-8-22-38(42)39-24-12-25-40-41-28-31-14-4-5-15-32(31)29-43(41)46-44(39)40/h1-26,28-29,35H,27H2. The lowest BCUT2D eigenvalue weighted by Gasteiger charge is -2.35. The average molecular weight is 590 g/mol. The van der Waals surface area contributed by atoms with Gasteiger partial charge in [0.05, 0.1) is 6.04 Å². The van der Waals surface area contributed by atoms with Crippen molar-refractivity contribution in [3.63, 3.8) is 0 Å².